The number of carbonyl (C=O) groups excluding carboxylic acids is 2. The van der Waals surface area contributed by atoms with E-state index in [1.54, 1.807) is 17.0 Å². The Bertz CT molecular complexity index is 727. The molecular weight excluding hydrogens is 302 g/mol. The highest BCUT2D eigenvalue weighted by atomic mass is 16.5. The predicted octanol–water partition coefficient (Wildman–Crippen LogP) is 3.91. The number of ether oxygens (including phenoxy) is 1. The summed E-state index contributed by atoms with van der Waals surface area (Å²) in [4.78, 5) is 26.1. The summed E-state index contributed by atoms with van der Waals surface area (Å²) in [6, 6.07) is 16.8. The van der Waals surface area contributed by atoms with Gasteiger partial charge in [0.2, 0.25) is 5.91 Å². The number of esters is 1. The maximum absolute atomic E-state index is 12.5. The molecule has 1 heterocycles. The first kappa shape index (κ1) is 16.2. The highest BCUT2D eigenvalue weighted by Crippen LogP contribution is 2.27. The van der Waals surface area contributed by atoms with Crippen LogP contribution in [0.2, 0.25) is 0 Å². The minimum Gasteiger partial charge on any atom is -0.426 e. The Morgan fingerprint density at radius 1 is 1.17 bits per heavy atom. The van der Waals surface area contributed by atoms with E-state index in [9.17, 15) is 9.59 Å². The third-order valence-corrected chi connectivity index (χ3v) is 4.32. The standard InChI is InChI=1S/C20H21NO3/c1-2-18(15-8-4-3-5-9-15)20(23)24-17-11-6-10-16(14-17)21-13-7-12-19(21)22/h3-6,8-11,14,18H,2,7,12-13H2,1H3. The van der Waals surface area contributed by atoms with Gasteiger partial charge in [-0.15, -0.1) is 0 Å². The monoisotopic (exact) mass is 323 g/mol. The molecule has 1 atom stereocenters. The second-order valence-electron chi connectivity index (χ2n) is 5.94. The van der Waals surface area contributed by atoms with Crippen LogP contribution in [0.5, 0.6) is 5.75 Å². The van der Waals surface area contributed by atoms with Gasteiger partial charge in [0.15, 0.2) is 0 Å². The van der Waals surface area contributed by atoms with Crippen molar-refractivity contribution in [3.8, 4) is 5.75 Å². The Hall–Kier alpha value is -2.62. The minimum absolute atomic E-state index is 0.120. The summed E-state index contributed by atoms with van der Waals surface area (Å²) in [5.41, 5.74) is 1.74. The van der Waals surface area contributed by atoms with E-state index in [0.29, 0.717) is 18.6 Å². The molecule has 0 saturated carbocycles. The van der Waals surface area contributed by atoms with Crippen molar-refractivity contribution in [2.24, 2.45) is 0 Å². The number of hydrogen-bond acceptors (Lipinski definition) is 3. The van der Waals surface area contributed by atoms with Crippen LogP contribution < -0.4 is 9.64 Å². The first-order valence-corrected chi connectivity index (χ1v) is 8.36. The number of rotatable bonds is 5. The third kappa shape index (κ3) is 3.48. The van der Waals surface area contributed by atoms with Gasteiger partial charge in [0.05, 0.1) is 5.92 Å². The highest BCUT2D eigenvalue weighted by Gasteiger charge is 2.23. The lowest BCUT2D eigenvalue weighted by atomic mass is 9.97. The molecular formula is C20H21NO3. The molecule has 1 aliphatic rings. The van der Waals surface area contributed by atoms with E-state index < -0.39 is 0 Å². The van der Waals surface area contributed by atoms with Crippen LogP contribution in [0.1, 0.15) is 37.7 Å². The van der Waals surface area contributed by atoms with Crippen LogP contribution >= 0.6 is 0 Å². The van der Waals surface area contributed by atoms with Gasteiger partial charge in [-0.25, -0.2) is 0 Å². The quantitative estimate of drug-likeness (QED) is 0.619. The smallest absolute Gasteiger partial charge is 0.318 e. The van der Waals surface area contributed by atoms with E-state index in [1.807, 2.05) is 49.4 Å². The van der Waals surface area contributed by atoms with Crippen molar-refractivity contribution in [2.45, 2.75) is 32.1 Å². The van der Waals surface area contributed by atoms with Gasteiger partial charge in [0, 0.05) is 24.7 Å². The van der Waals surface area contributed by atoms with Gasteiger partial charge < -0.3 is 9.64 Å². The maximum atomic E-state index is 12.5. The summed E-state index contributed by atoms with van der Waals surface area (Å²) in [5.74, 6) is 0.0395. The van der Waals surface area contributed by atoms with Crippen LogP contribution in [-0.2, 0) is 9.59 Å². The molecule has 24 heavy (non-hydrogen) atoms. The molecule has 4 heteroatoms. The van der Waals surface area contributed by atoms with Crippen molar-refractivity contribution < 1.29 is 14.3 Å². The summed E-state index contributed by atoms with van der Waals surface area (Å²) in [6.07, 6.45) is 2.12. The Labute approximate surface area is 142 Å². The molecule has 0 aromatic heterocycles. The van der Waals surface area contributed by atoms with Gasteiger partial charge in [0.25, 0.3) is 0 Å². The molecule has 4 nitrogen and oxygen atoms in total. The van der Waals surface area contributed by atoms with E-state index in [1.165, 1.54) is 0 Å². The number of benzene rings is 2. The normalized spacial score (nSPS) is 15.4. The SMILES string of the molecule is CCC(C(=O)Oc1cccc(N2CCCC2=O)c1)c1ccccc1. The van der Waals surface area contributed by atoms with Gasteiger partial charge in [-0.05, 0) is 30.5 Å². The fraction of sp³-hybridized carbons (Fsp3) is 0.300. The molecule has 0 aliphatic carbocycles. The molecule has 1 saturated heterocycles. The molecule has 2 aromatic carbocycles. The van der Waals surface area contributed by atoms with Crippen LogP contribution in [0.15, 0.2) is 54.6 Å². The van der Waals surface area contributed by atoms with E-state index in [0.717, 1.165) is 24.2 Å². The van der Waals surface area contributed by atoms with Crippen molar-refractivity contribution in [2.75, 3.05) is 11.4 Å². The van der Waals surface area contributed by atoms with Crippen molar-refractivity contribution in [3.63, 3.8) is 0 Å². The maximum Gasteiger partial charge on any atom is 0.318 e. The first-order valence-electron chi connectivity index (χ1n) is 8.36. The lowest BCUT2D eigenvalue weighted by molar-refractivity contribution is -0.136. The number of carbonyl (C=O) groups is 2. The van der Waals surface area contributed by atoms with Crippen LogP contribution in [0.4, 0.5) is 5.69 Å². The molecule has 1 amide bonds. The van der Waals surface area contributed by atoms with Crippen LogP contribution in [-0.4, -0.2) is 18.4 Å². The molecule has 0 N–H and O–H groups in total. The van der Waals surface area contributed by atoms with Crippen LogP contribution in [0, 0.1) is 0 Å². The summed E-state index contributed by atoms with van der Waals surface area (Å²) in [6.45, 7) is 2.69. The second kappa shape index (κ2) is 7.30. The van der Waals surface area contributed by atoms with E-state index in [4.69, 9.17) is 4.74 Å². The molecule has 3 rings (SSSR count). The molecule has 1 unspecified atom stereocenters. The number of hydrogen-bond donors (Lipinski definition) is 0. The Morgan fingerprint density at radius 2 is 1.96 bits per heavy atom. The van der Waals surface area contributed by atoms with Gasteiger partial charge in [-0.1, -0.05) is 43.3 Å². The van der Waals surface area contributed by atoms with E-state index in [2.05, 4.69) is 0 Å². The van der Waals surface area contributed by atoms with Crippen LogP contribution in [0.3, 0.4) is 0 Å². The van der Waals surface area contributed by atoms with E-state index >= 15 is 0 Å². The van der Waals surface area contributed by atoms with E-state index in [-0.39, 0.29) is 17.8 Å². The number of nitrogens with zero attached hydrogens (tertiary/aromatic N) is 1. The fourth-order valence-corrected chi connectivity index (χ4v) is 3.05. The summed E-state index contributed by atoms with van der Waals surface area (Å²) < 4.78 is 5.58. The number of amides is 1. The fourth-order valence-electron chi connectivity index (χ4n) is 3.05. The molecule has 0 bridgehead atoms. The van der Waals surface area contributed by atoms with Crippen LogP contribution in [0.25, 0.3) is 0 Å². The molecule has 2 aromatic rings. The van der Waals surface area contributed by atoms with Crippen molar-refractivity contribution in [1.82, 2.24) is 0 Å². The molecule has 1 fully saturated rings. The zero-order valence-electron chi connectivity index (χ0n) is 13.8. The lowest BCUT2D eigenvalue weighted by Crippen LogP contribution is -2.23. The van der Waals surface area contributed by atoms with Gasteiger partial charge in [0.1, 0.15) is 5.75 Å². The largest absolute Gasteiger partial charge is 0.426 e. The van der Waals surface area contributed by atoms with Gasteiger partial charge in [-0.2, -0.15) is 0 Å². The average Bonchev–Trinajstić information content (AvgIpc) is 3.03. The lowest BCUT2D eigenvalue weighted by Gasteiger charge is -2.18. The molecule has 0 spiro atoms. The first-order chi connectivity index (χ1) is 11.7. The highest BCUT2D eigenvalue weighted by molar-refractivity contribution is 5.95. The predicted molar refractivity (Wildman–Crippen MR) is 93.1 cm³/mol. The number of anilines is 1. The summed E-state index contributed by atoms with van der Waals surface area (Å²) in [7, 11) is 0. The van der Waals surface area contributed by atoms with Crippen molar-refractivity contribution >= 4 is 17.6 Å². The topological polar surface area (TPSA) is 46.6 Å². The Balaban J connectivity index is 1.75. The summed E-state index contributed by atoms with van der Waals surface area (Å²) >= 11 is 0. The second-order valence-corrected chi connectivity index (χ2v) is 5.94. The zero-order valence-corrected chi connectivity index (χ0v) is 13.8. The Kier molecular flexibility index (Phi) is 4.94. The Morgan fingerprint density at radius 3 is 2.62 bits per heavy atom. The molecule has 124 valence electrons. The van der Waals surface area contributed by atoms with Crippen molar-refractivity contribution in [1.29, 1.82) is 0 Å². The molecule has 0 radical (unpaired) electrons. The van der Waals surface area contributed by atoms with Gasteiger partial charge in [-0.3, -0.25) is 9.59 Å². The average molecular weight is 323 g/mol. The third-order valence-electron chi connectivity index (χ3n) is 4.32. The zero-order chi connectivity index (χ0) is 16.9. The summed E-state index contributed by atoms with van der Waals surface area (Å²) in [5, 5.41) is 0. The van der Waals surface area contributed by atoms with Gasteiger partial charge >= 0.3 is 5.97 Å². The van der Waals surface area contributed by atoms with Crippen molar-refractivity contribution in [3.05, 3.63) is 60.2 Å². The molecule has 1 aliphatic heterocycles. The minimum atomic E-state index is -0.289.